The molecule has 24 heavy (non-hydrogen) atoms. The standard InChI is InChI=1S/C18H21NO5/c1-5-22-17(20)14-11-8-10(21-4)6-7-12(11)19-9-13-16(15(14)19)24-18(2,3)23-13/h6-8,13,16H,5,9H2,1-4H3/t13-,16-/m1/s1. The van der Waals surface area contributed by atoms with Crippen LogP contribution in [-0.4, -0.2) is 36.1 Å². The summed E-state index contributed by atoms with van der Waals surface area (Å²) in [5.74, 6) is -0.281. The molecule has 2 atom stereocenters. The minimum absolute atomic E-state index is 0.0883. The lowest BCUT2D eigenvalue weighted by Gasteiger charge is -2.19. The second kappa shape index (κ2) is 5.22. The number of hydrogen-bond acceptors (Lipinski definition) is 5. The van der Waals surface area contributed by atoms with Gasteiger partial charge in [0.2, 0.25) is 0 Å². The van der Waals surface area contributed by atoms with Crippen LogP contribution in [-0.2, 0) is 20.8 Å². The number of hydrogen-bond donors (Lipinski definition) is 0. The number of benzene rings is 1. The van der Waals surface area contributed by atoms with E-state index in [9.17, 15) is 4.79 Å². The van der Waals surface area contributed by atoms with Crippen LogP contribution in [0, 0.1) is 0 Å². The first-order valence-corrected chi connectivity index (χ1v) is 8.18. The topological polar surface area (TPSA) is 58.9 Å². The van der Waals surface area contributed by atoms with Gasteiger partial charge in [-0.2, -0.15) is 0 Å². The molecule has 1 aromatic carbocycles. The third kappa shape index (κ3) is 2.13. The monoisotopic (exact) mass is 331 g/mol. The summed E-state index contributed by atoms with van der Waals surface area (Å²) < 4.78 is 24.8. The third-order valence-corrected chi connectivity index (χ3v) is 4.61. The molecule has 6 nitrogen and oxygen atoms in total. The largest absolute Gasteiger partial charge is 0.497 e. The fourth-order valence-electron chi connectivity index (χ4n) is 3.77. The summed E-state index contributed by atoms with van der Waals surface area (Å²) in [5.41, 5.74) is 2.36. The van der Waals surface area contributed by atoms with Gasteiger partial charge in [-0.1, -0.05) is 0 Å². The number of carbonyl (C=O) groups is 1. The fourth-order valence-corrected chi connectivity index (χ4v) is 3.77. The maximum absolute atomic E-state index is 12.7. The van der Waals surface area contributed by atoms with Crippen LogP contribution in [0.5, 0.6) is 5.75 Å². The summed E-state index contributed by atoms with van der Waals surface area (Å²) in [6.45, 7) is 6.58. The van der Waals surface area contributed by atoms with Crippen molar-refractivity contribution >= 4 is 16.9 Å². The number of fused-ring (bicyclic) bond motifs is 5. The Morgan fingerprint density at radius 1 is 1.38 bits per heavy atom. The fraction of sp³-hybridized carbons (Fsp3) is 0.500. The summed E-state index contributed by atoms with van der Waals surface area (Å²) >= 11 is 0. The van der Waals surface area contributed by atoms with Gasteiger partial charge in [-0.3, -0.25) is 0 Å². The zero-order valence-electron chi connectivity index (χ0n) is 14.3. The molecule has 0 unspecified atom stereocenters. The molecule has 0 spiro atoms. The van der Waals surface area contributed by atoms with E-state index in [-0.39, 0.29) is 18.2 Å². The number of esters is 1. The van der Waals surface area contributed by atoms with Crippen molar-refractivity contribution in [2.75, 3.05) is 13.7 Å². The molecule has 0 bridgehead atoms. The van der Waals surface area contributed by atoms with Gasteiger partial charge in [-0.25, -0.2) is 4.79 Å². The number of aromatic nitrogens is 1. The first kappa shape index (κ1) is 15.5. The van der Waals surface area contributed by atoms with E-state index in [1.807, 2.05) is 32.0 Å². The molecule has 0 aliphatic carbocycles. The summed E-state index contributed by atoms with van der Waals surface area (Å²) in [4.78, 5) is 12.7. The first-order chi connectivity index (χ1) is 11.4. The Labute approximate surface area is 140 Å². The molecule has 1 aromatic heterocycles. The number of ether oxygens (including phenoxy) is 4. The summed E-state index contributed by atoms with van der Waals surface area (Å²) in [7, 11) is 1.61. The van der Waals surface area contributed by atoms with E-state index >= 15 is 0 Å². The van der Waals surface area contributed by atoms with E-state index in [0.717, 1.165) is 16.6 Å². The molecular formula is C18H21NO5. The van der Waals surface area contributed by atoms with Crippen LogP contribution in [0.4, 0.5) is 0 Å². The Hall–Kier alpha value is -2.05. The van der Waals surface area contributed by atoms with Crippen LogP contribution < -0.4 is 4.74 Å². The van der Waals surface area contributed by atoms with Crippen molar-refractivity contribution < 1.29 is 23.7 Å². The molecule has 2 aliphatic rings. The highest BCUT2D eigenvalue weighted by Crippen LogP contribution is 2.48. The van der Waals surface area contributed by atoms with Gasteiger partial charge >= 0.3 is 5.97 Å². The Kier molecular flexibility index (Phi) is 3.37. The normalized spacial score (nSPS) is 24.0. The molecule has 2 aliphatic heterocycles. The van der Waals surface area contributed by atoms with Crippen LogP contribution in [0.25, 0.3) is 10.9 Å². The van der Waals surface area contributed by atoms with E-state index in [4.69, 9.17) is 18.9 Å². The average molecular weight is 331 g/mol. The third-order valence-electron chi connectivity index (χ3n) is 4.61. The van der Waals surface area contributed by atoms with Crippen molar-refractivity contribution in [3.63, 3.8) is 0 Å². The molecule has 1 fully saturated rings. The van der Waals surface area contributed by atoms with E-state index in [0.29, 0.717) is 24.5 Å². The molecule has 0 radical (unpaired) electrons. The van der Waals surface area contributed by atoms with Crippen molar-refractivity contribution in [3.8, 4) is 5.75 Å². The van der Waals surface area contributed by atoms with Gasteiger partial charge in [0.15, 0.2) is 5.79 Å². The van der Waals surface area contributed by atoms with Gasteiger partial charge in [0.25, 0.3) is 0 Å². The number of carbonyl (C=O) groups excluding carboxylic acids is 1. The Morgan fingerprint density at radius 3 is 2.88 bits per heavy atom. The molecule has 2 aromatic rings. The summed E-state index contributed by atoms with van der Waals surface area (Å²) in [6.07, 6.45) is -0.354. The SMILES string of the molecule is CCOC(=O)c1c2n(c3ccc(OC)cc13)C[C@H]1OC(C)(C)O[C@@H]21. The molecule has 0 saturated carbocycles. The highest BCUT2D eigenvalue weighted by molar-refractivity contribution is 6.06. The van der Waals surface area contributed by atoms with Gasteiger partial charge < -0.3 is 23.5 Å². The van der Waals surface area contributed by atoms with Crippen LogP contribution >= 0.6 is 0 Å². The Bertz CT molecular complexity index is 822. The number of rotatable bonds is 3. The van der Waals surface area contributed by atoms with Crippen molar-refractivity contribution in [1.29, 1.82) is 0 Å². The zero-order chi connectivity index (χ0) is 17.1. The van der Waals surface area contributed by atoms with Crippen LogP contribution in [0.1, 0.15) is 42.9 Å². The summed E-state index contributed by atoms with van der Waals surface area (Å²) in [5, 5.41) is 0.828. The lowest BCUT2D eigenvalue weighted by Crippen LogP contribution is -2.23. The van der Waals surface area contributed by atoms with Gasteiger partial charge in [-0.15, -0.1) is 0 Å². The second-order valence-corrected chi connectivity index (χ2v) is 6.57. The molecule has 128 valence electrons. The van der Waals surface area contributed by atoms with Crippen molar-refractivity contribution in [3.05, 3.63) is 29.5 Å². The maximum Gasteiger partial charge on any atom is 0.340 e. The second-order valence-electron chi connectivity index (χ2n) is 6.57. The molecular weight excluding hydrogens is 310 g/mol. The van der Waals surface area contributed by atoms with E-state index in [2.05, 4.69) is 4.57 Å². The molecule has 1 saturated heterocycles. The lowest BCUT2D eigenvalue weighted by atomic mass is 10.1. The first-order valence-electron chi connectivity index (χ1n) is 8.18. The molecule has 3 heterocycles. The van der Waals surface area contributed by atoms with Crippen molar-refractivity contribution in [2.24, 2.45) is 0 Å². The predicted octanol–water partition coefficient (Wildman–Crippen LogP) is 3.03. The van der Waals surface area contributed by atoms with E-state index < -0.39 is 5.79 Å². The summed E-state index contributed by atoms with van der Waals surface area (Å²) in [6, 6.07) is 5.74. The minimum atomic E-state index is -0.652. The molecule has 4 rings (SSSR count). The van der Waals surface area contributed by atoms with Crippen molar-refractivity contribution in [2.45, 2.75) is 45.3 Å². The van der Waals surface area contributed by atoms with E-state index in [1.165, 1.54) is 0 Å². The molecule has 6 heteroatoms. The Morgan fingerprint density at radius 2 is 2.17 bits per heavy atom. The number of nitrogens with zero attached hydrogens (tertiary/aromatic N) is 1. The van der Waals surface area contributed by atoms with Crippen molar-refractivity contribution in [1.82, 2.24) is 4.57 Å². The van der Waals surface area contributed by atoms with Gasteiger partial charge in [0.1, 0.15) is 18.0 Å². The smallest absolute Gasteiger partial charge is 0.340 e. The van der Waals surface area contributed by atoms with E-state index in [1.54, 1.807) is 14.0 Å². The predicted molar refractivity (Wildman–Crippen MR) is 87.2 cm³/mol. The zero-order valence-corrected chi connectivity index (χ0v) is 14.3. The van der Waals surface area contributed by atoms with Crippen LogP contribution in [0.2, 0.25) is 0 Å². The maximum atomic E-state index is 12.7. The Balaban J connectivity index is 1.93. The quantitative estimate of drug-likeness (QED) is 0.809. The number of methoxy groups -OCH3 is 1. The minimum Gasteiger partial charge on any atom is -0.497 e. The highest BCUT2D eigenvalue weighted by Gasteiger charge is 2.50. The van der Waals surface area contributed by atoms with Gasteiger partial charge in [0.05, 0.1) is 31.5 Å². The molecule has 0 amide bonds. The molecule has 0 N–H and O–H groups in total. The highest BCUT2D eigenvalue weighted by atomic mass is 16.8. The lowest BCUT2D eigenvalue weighted by molar-refractivity contribution is -0.151. The van der Waals surface area contributed by atoms with Gasteiger partial charge in [-0.05, 0) is 39.0 Å². The van der Waals surface area contributed by atoms with Crippen LogP contribution in [0.15, 0.2) is 18.2 Å². The van der Waals surface area contributed by atoms with Crippen LogP contribution in [0.3, 0.4) is 0 Å². The average Bonchev–Trinajstić information content (AvgIpc) is 3.11. The van der Waals surface area contributed by atoms with Gasteiger partial charge in [0, 0.05) is 10.9 Å².